The first-order valence-electron chi connectivity index (χ1n) is 5.93. The Morgan fingerprint density at radius 3 is 2.78 bits per heavy atom. The lowest BCUT2D eigenvalue weighted by molar-refractivity contribution is 0.718. The highest BCUT2D eigenvalue weighted by molar-refractivity contribution is 5.88. The first-order chi connectivity index (χ1) is 8.54. The lowest BCUT2D eigenvalue weighted by Crippen LogP contribution is -2.31. The molecule has 2 N–H and O–H groups in total. The van der Waals surface area contributed by atoms with Crippen molar-refractivity contribution in [3.63, 3.8) is 0 Å². The van der Waals surface area contributed by atoms with Crippen LogP contribution in [0.2, 0.25) is 0 Å². The topological polar surface area (TPSA) is 79.8 Å². The zero-order chi connectivity index (χ0) is 13.3. The molecule has 0 bridgehead atoms. The van der Waals surface area contributed by atoms with Crippen LogP contribution in [0, 0.1) is 0 Å². The predicted octanol–water partition coefficient (Wildman–Crippen LogP) is 0.925. The van der Waals surface area contributed by atoms with Crippen LogP contribution < -0.4 is 16.6 Å². The molecule has 2 aromatic heterocycles. The molecule has 0 radical (unpaired) electrons. The van der Waals surface area contributed by atoms with E-state index in [9.17, 15) is 9.59 Å². The van der Waals surface area contributed by atoms with Crippen LogP contribution in [0.3, 0.4) is 0 Å². The minimum atomic E-state index is -0.427. The van der Waals surface area contributed by atoms with Crippen molar-refractivity contribution < 1.29 is 0 Å². The quantitative estimate of drug-likeness (QED) is 0.846. The Balaban J connectivity index is 2.85. The number of rotatable bonds is 3. The molecule has 0 aromatic carbocycles. The van der Waals surface area contributed by atoms with Crippen LogP contribution in [0.5, 0.6) is 0 Å². The number of pyridine rings is 1. The number of anilines is 1. The summed E-state index contributed by atoms with van der Waals surface area (Å²) in [6, 6.07) is 1.93. The van der Waals surface area contributed by atoms with Gasteiger partial charge >= 0.3 is 5.69 Å². The Morgan fingerprint density at radius 2 is 2.17 bits per heavy atom. The summed E-state index contributed by atoms with van der Waals surface area (Å²) in [6.45, 7) is 6.26. The maximum absolute atomic E-state index is 11.9. The molecule has 0 spiro atoms. The summed E-state index contributed by atoms with van der Waals surface area (Å²) in [6.07, 6.45) is 1.60. The van der Waals surface area contributed by atoms with Crippen LogP contribution in [0.25, 0.3) is 11.0 Å². The van der Waals surface area contributed by atoms with Crippen molar-refractivity contribution in [2.24, 2.45) is 0 Å². The van der Waals surface area contributed by atoms with Gasteiger partial charge in [0.15, 0.2) is 5.65 Å². The largest absolute Gasteiger partial charge is 0.382 e. The average Bonchev–Trinajstić information content (AvgIpc) is 2.28. The van der Waals surface area contributed by atoms with Crippen molar-refractivity contribution in [3.8, 4) is 0 Å². The fraction of sp³-hybridized carbons (Fsp3) is 0.417. The highest BCUT2D eigenvalue weighted by Gasteiger charge is 2.11. The molecule has 18 heavy (non-hydrogen) atoms. The van der Waals surface area contributed by atoms with Crippen LogP contribution in [-0.4, -0.2) is 20.6 Å². The zero-order valence-electron chi connectivity index (χ0n) is 10.7. The lowest BCUT2D eigenvalue weighted by atomic mass is 10.2. The molecule has 0 fully saturated rings. The van der Waals surface area contributed by atoms with E-state index in [1.165, 1.54) is 4.57 Å². The molecule has 0 unspecified atom stereocenters. The van der Waals surface area contributed by atoms with Gasteiger partial charge < -0.3 is 5.32 Å². The highest BCUT2D eigenvalue weighted by Crippen LogP contribution is 2.17. The van der Waals surface area contributed by atoms with E-state index in [4.69, 9.17) is 0 Å². The fourth-order valence-corrected chi connectivity index (χ4v) is 1.93. The number of fused-ring (bicyclic) bond motifs is 1. The Morgan fingerprint density at radius 1 is 1.44 bits per heavy atom. The number of hydrogen-bond donors (Lipinski definition) is 2. The number of aryl methyl sites for hydroxylation is 1. The number of hydrogen-bond acceptors (Lipinski definition) is 4. The summed E-state index contributed by atoms with van der Waals surface area (Å²) in [5.41, 5.74) is 0.274. The van der Waals surface area contributed by atoms with Crippen LogP contribution >= 0.6 is 0 Å². The summed E-state index contributed by atoms with van der Waals surface area (Å²) in [5.74, 6) is 0. The Hall–Kier alpha value is -2.11. The molecule has 0 aliphatic rings. The second-order valence-corrected chi connectivity index (χ2v) is 4.36. The van der Waals surface area contributed by atoms with Crippen LogP contribution in [0.15, 0.2) is 21.9 Å². The van der Waals surface area contributed by atoms with E-state index >= 15 is 0 Å². The molecule has 2 heterocycles. The molecular formula is C12H16N4O2. The molecule has 0 saturated heterocycles. The first kappa shape index (κ1) is 12.3. The average molecular weight is 248 g/mol. The van der Waals surface area contributed by atoms with Crippen LogP contribution in [-0.2, 0) is 6.54 Å². The second-order valence-electron chi connectivity index (χ2n) is 4.36. The van der Waals surface area contributed by atoms with Gasteiger partial charge in [-0.1, -0.05) is 0 Å². The van der Waals surface area contributed by atoms with Gasteiger partial charge in [0, 0.05) is 18.8 Å². The van der Waals surface area contributed by atoms with Gasteiger partial charge in [0.25, 0.3) is 5.56 Å². The predicted molar refractivity (Wildman–Crippen MR) is 71.1 cm³/mol. The maximum atomic E-state index is 11.9. The van der Waals surface area contributed by atoms with E-state index in [1.807, 2.05) is 20.8 Å². The summed E-state index contributed by atoms with van der Waals surface area (Å²) in [4.78, 5) is 30.0. The van der Waals surface area contributed by atoms with Crippen molar-refractivity contribution in [3.05, 3.63) is 33.1 Å². The first-order valence-corrected chi connectivity index (χ1v) is 5.93. The number of aromatic nitrogens is 3. The fourth-order valence-electron chi connectivity index (χ4n) is 1.93. The maximum Gasteiger partial charge on any atom is 0.329 e. The van der Waals surface area contributed by atoms with Crippen LogP contribution in [0.1, 0.15) is 20.8 Å². The molecule has 0 aliphatic heterocycles. The van der Waals surface area contributed by atoms with E-state index < -0.39 is 11.2 Å². The number of aromatic amines is 1. The third-order valence-electron chi connectivity index (χ3n) is 2.64. The summed E-state index contributed by atoms with van der Waals surface area (Å²) < 4.78 is 1.45. The minimum absolute atomic E-state index is 0.192. The van der Waals surface area contributed by atoms with Gasteiger partial charge in [0.2, 0.25) is 0 Å². The third kappa shape index (κ3) is 2.01. The summed E-state index contributed by atoms with van der Waals surface area (Å²) in [7, 11) is 0. The van der Waals surface area contributed by atoms with E-state index in [0.717, 1.165) is 0 Å². The Bertz CT molecular complexity index is 685. The van der Waals surface area contributed by atoms with Gasteiger partial charge in [-0.2, -0.15) is 0 Å². The van der Waals surface area contributed by atoms with E-state index in [-0.39, 0.29) is 6.04 Å². The van der Waals surface area contributed by atoms with Crippen LogP contribution in [0.4, 0.5) is 5.69 Å². The molecule has 6 nitrogen and oxygen atoms in total. The smallest absolute Gasteiger partial charge is 0.329 e. The number of nitrogens with zero attached hydrogens (tertiary/aromatic N) is 2. The monoisotopic (exact) mass is 248 g/mol. The molecule has 0 saturated carbocycles. The number of H-pyrrole nitrogens is 1. The minimum Gasteiger partial charge on any atom is -0.382 e. The molecule has 6 heteroatoms. The Labute approximate surface area is 104 Å². The number of nitrogens with one attached hydrogen (secondary N) is 2. The molecule has 0 atom stereocenters. The van der Waals surface area contributed by atoms with Crippen molar-refractivity contribution in [1.29, 1.82) is 0 Å². The standard InChI is InChI=1S/C12H16N4O2/c1-4-16-10-9(11(17)15-12(16)18)8(5-6-13-10)14-7(2)3/h5-7H,4H2,1-3H3,(H,13,14)(H,15,17,18). The molecule has 2 rings (SSSR count). The molecule has 96 valence electrons. The van der Waals surface area contributed by atoms with E-state index in [2.05, 4.69) is 15.3 Å². The van der Waals surface area contributed by atoms with Crippen molar-refractivity contribution in [2.75, 3.05) is 5.32 Å². The molecule has 0 aliphatic carbocycles. The SMILES string of the molecule is CCn1c(=O)[nH]c(=O)c2c(NC(C)C)ccnc21. The van der Waals surface area contributed by atoms with Crippen molar-refractivity contribution in [1.82, 2.24) is 14.5 Å². The summed E-state index contributed by atoms with van der Waals surface area (Å²) >= 11 is 0. The lowest BCUT2D eigenvalue weighted by Gasteiger charge is -2.13. The third-order valence-corrected chi connectivity index (χ3v) is 2.64. The Kier molecular flexibility index (Phi) is 3.18. The van der Waals surface area contributed by atoms with Crippen molar-refractivity contribution in [2.45, 2.75) is 33.4 Å². The molecule has 2 aromatic rings. The normalized spacial score (nSPS) is 11.1. The van der Waals surface area contributed by atoms with E-state index in [1.54, 1.807) is 12.3 Å². The second kappa shape index (κ2) is 4.64. The highest BCUT2D eigenvalue weighted by atomic mass is 16.2. The molecule has 0 amide bonds. The van der Waals surface area contributed by atoms with Gasteiger partial charge in [-0.25, -0.2) is 9.78 Å². The van der Waals surface area contributed by atoms with Gasteiger partial charge in [-0.3, -0.25) is 14.3 Å². The van der Waals surface area contributed by atoms with Gasteiger partial charge in [-0.15, -0.1) is 0 Å². The zero-order valence-corrected chi connectivity index (χ0v) is 10.7. The van der Waals surface area contributed by atoms with Gasteiger partial charge in [0.05, 0.1) is 5.69 Å². The van der Waals surface area contributed by atoms with Gasteiger partial charge in [-0.05, 0) is 26.8 Å². The van der Waals surface area contributed by atoms with Crippen molar-refractivity contribution >= 4 is 16.7 Å². The van der Waals surface area contributed by atoms with Gasteiger partial charge in [0.1, 0.15) is 5.39 Å². The van der Waals surface area contributed by atoms with E-state index in [0.29, 0.717) is 23.3 Å². The summed E-state index contributed by atoms with van der Waals surface area (Å²) in [5, 5.41) is 3.61. The molecular weight excluding hydrogens is 232 g/mol.